The number of amides is 1. The van der Waals surface area contributed by atoms with Crippen LogP contribution in [0.1, 0.15) is 43.9 Å². The average molecular weight is 275 g/mol. The van der Waals surface area contributed by atoms with E-state index in [0.29, 0.717) is 17.7 Å². The highest BCUT2D eigenvalue weighted by Gasteiger charge is 2.32. The normalized spacial score (nSPS) is 22.6. The molecule has 2 rings (SSSR count). The van der Waals surface area contributed by atoms with Crippen molar-refractivity contribution < 1.29 is 9.32 Å². The number of nitrogens with one attached hydrogen (secondary N) is 1. The molecule has 0 aromatic carbocycles. The molecular weight excluding hydrogens is 254 g/mol. The quantitative estimate of drug-likeness (QED) is 0.849. The molecule has 1 unspecified atom stereocenters. The van der Waals surface area contributed by atoms with Crippen LogP contribution in [-0.4, -0.2) is 41.1 Å². The van der Waals surface area contributed by atoms with E-state index in [9.17, 15) is 4.79 Å². The second-order valence-electron chi connectivity index (χ2n) is 5.56. The highest BCUT2D eigenvalue weighted by molar-refractivity contribution is 5.92. The topological polar surface area (TPSA) is 58.4 Å². The number of carbonyl (C=O) groups excluding carboxylic acids is 1. The predicted molar refractivity (Wildman–Crippen MR) is 76.2 cm³/mol. The lowest BCUT2D eigenvalue weighted by Gasteiger charge is -2.20. The van der Waals surface area contributed by atoms with E-state index in [1.54, 1.807) is 13.0 Å². The highest BCUT2D eigenvalue weighted by Crippen LogP contribution is 2.19. The SMILES string of the molecule is CC#Cc1cc(C(=O)NC2CN(C(C)C)C[C@@H]2C)no1. The third kappa shape index (κ3) is 3.20. The minimum absolute atomic E-state index is 0.155. The van der Waals surface area contributed by atoms with Gasteiger partial charge in [-0.25, -0.2) is 0 Å². The summed E-state index contributed by atoms with van der Waals surface area (Å²) in [5.41, 5.74) is 0.290. The molecule has 1 fully saturated rings. The summed E-state index contributed by atoms with van der Waals surface area (Å²) < 4.78 is 4.98. The Morgan fingerprint density at radius 2 is 2.30 bits per heavy atom. The van der Waals surface area contributed by atoms with Gasteiger partial charge in [-0.05, 0) is 32.6 Å². The first kappa shape index (κ1) is 14.6. The Bertz CT molecular complexity index is 539. The summed E-state index contributed by atoms with van der Waals surface area (Å²) >= 11 is 0. The molecule has 1 aliphatic rings. The molecule has 1 aliphatic heterocycles. The molecule has 5 heteroatoms. The van der Waals surface area contributed by atoms with Gasteiger partial charge in [0.15, 0.2) is 5.69 Å². The van der Waals surface area contributed by atoms with Crippen LogP contribution in [0.25, 0.3) is 0 Å². The van der Waals surface area contributed by atoms with Gasteiger partial charge in [0.05, 0.1) is 0 Å². The molecule has 0 radical (unpaired) electrons. The van der Waals surface area contributed by atoms with Crippen molar-refractivity contribution in [1.29, 1.82) is 0 Å². The molecule has 0 spiro atoms. The maximum atomic E-state index is 12.1. The van der Waals surface area contributed by atoms with Crippen LogP contribution in [0.15, 0.2) is 10.6 Å². The Kier molecular flexibility index (Phi) is 4.46. The van der Waals surface area contributed by atoms with Gasteiger partial charge in [0, 0.05) is 31.2 Å². The average Bonchev–Trinajstić information content (AvgIpc) is 2.98. The fraction of sp³-hybridized carbons (Fsp3) is 0.600. The molecular formula is C15H21N3O2. The Hall–Kier alpha value is -1.80. The van der Waals surface area contributed by atoms with Crippen molar-refractivity contribution in [3.8, 4) is 11.8 Å². The number of carbonyl (C=O) groups is 1. The zero-order valence-corrected chi connectivity index (χ0v) is 12.4. The molecule has 1 N–H and O–H groups in total. The van der Waals surface area contributed by atoms with Crippen LogP contribution in [0.5, 0.6) is 0 Å². The Balaban J connectivity index is 1.98. The Morgan fingerprint density at radius 3 is 2.90 bits per heavy atom. The standard InChI is InChI=1S/C15H21N3O2/c1-5-6-12-7-13(17-20-12)15(19)16-14-9-18(10(2)3)8-11(14)4/h7,10-11,14H,8-9H2,1-4H3,(H,16,19)/t11-,14?/m0/s1. The van der Waals surface area contributed by atoms with E-state index >= 15 is 0 Å². The van der Waals surface area contributed by atoms with Gasteiger partial charge in [-0.15, -0.1) is 0 Å². The van der Waals surface area contributed by atoms with Crippen LogP contribution in [0.3, 0.4) is 0 Å². The molecule has 20 heavy (non-hydrogen) atoms. The molecule has 5 nitrogen and oxygen atoms in total. The van der Waals surface area contributed by atoms with Crippen molar-refractivity contribution >= 4 is 5.91 Å². The molecule has 1 amide bonds. The van der Waals surface area contributed by atoms with Crippen molar-refractivity contribution in [2.24, 2.45) is 5.92 Å². The van der Waals surface area contributed by atoms with Gasteiger partial charge in [0.1, 0.15) is 0 Å². The summed E-state index contributed by atoms with van der Waals surface area (Å²) in [6.45, 7) is 10.1. The zero-order chi connectivity index (χ0) is 14.7. The molecule has 0 saturated carbocycles. The summed E-state index contributed by atoms with van der Waals surface area (Å²) in [5, 5.41) is 6.79. The first-order valence-corrected chi connectivity index (χ1v) is 6.95. The van der Waals surface area contributed by atoms with E-state index in [2.05, 4.69) is 48.0 Å². The predicted octanol–water partition coefficient (Wildman–Crippen LogP) is 1.50. The lowest BCUT2D eigenvalue weighted by Crippen LogP contribution is -2.40. The third-order valence-electron chi connectivity index (χ3n) is 3.68. The van der Waals surface area contributed by atoms with Gasteiger partial charge in [-0.1, -0.05) is 18.0 Å². The van der Waals surface area contributed by atoms with Gasteiger partial charge < -0.3 is 9.84 Å². The molecule has 2 heterocycles. The Labute approximate surface area is 119 Å². The first-order chi connectivity index (χ1) is 9.51. The second kappa shape index (κ2) is 6.10. The number of nitrogens with zero attached hydrogens (tertiary/aromatic N) is 2. The highest BCUT2D eigenvalue weighted by atomic mass is 16.5. The van der Waals surface area contributed by atoms with E-state index in [4.69, 9.17) is 4.52 Å². The van der Waals surface area contributed by atoms with Gasteiger partial charge >= 0.3 is 0 Å². The Morgan fingerprint density at radius 1 is 1.55 bits per heavy atom. The third-order valence-corrected chi connectivity index (χ3v) is 3.68. The molecule has 0 aliphatic carbocycles. The monoisotopic (exact) mass is 275 g/mol. The van der Waals surface area contributed by atoms with E-state index in [0.717, 1.165) is 13.1 Å². The van der Waals surface area contributed by atoms with Crippen molar-refractivity contribution in [1.82, 2.24) is 15.4 Å². The van der Waals surface area contributed by atoms with Crippen LogP contribution >= 0.6 is 0 Å². The minimum Gasteiger partial charge on any atom is -0.347 e. The summed E-state index contributed by atoms with van der Waals surface area (Å²) in [6.07, 6.45) is 0. The van der Waals surface area contributed by atoms with Crippen molar-refractivity contribution in [3.63, 3.8) is 0 Å². The summed E-state index contributed by atoms with van der Waals surface area (Å²) in [7, 11) is 0. The largest absolute Gasteiger partial charge is 0.347 e. The summed E-state index contributed by atoms with van der Waals surface area (Å²) in [6, 6.07) is 2.23. The fourth-order valence-electron chi connectivity index (χ4n) is 2.42. The zero-order valence-electron chi connectivity index (χ0n) is 12.4. The molecule has 2 atom stereocenters. The van der Waals surface area contributed by atoms with Crippen molar-refractivity contribution in [3.05, 3.63) is 17.5 Å². The van der Waals surface area contributed by atoms with Gasteiger partial charge in [-0.3, -0.25) is 9.69 Å². The molecule has 0 bridgehead atoms. The van der Waals surface area contributed by atoms with E-state index in [1.807, 2.05) is 0 Å². The fourth-order valence-corrected chi connectivity index (χ4v) is 2.42. The number of aromatic nitrogens is 1. The van der Waals surface area contributed by atoms with E-state index < -0.39 is 0 Å². The van der Waals surface area contributed by atoms with Crippen LogP contribution in [0, 0.1) is 17.8 Å². The molecule has 1 saturated heterocycles. The van der Waals surface area contributed by atoms with Crippen molar-refractivity contribution in [2.75, 3.05) is 13.1 Å². The van der Waals surface area contributed by atoms with Crippen molar-refractivity contribution in [2.45, 2.75) is 39.8 Å². The van der Waals surface area contributed by atoms with Crippen LogP contribution < -0.4 is 5.32 Å². The maximum absolute atomic E-state index is 12.1. The van der Waals surface area contributed by atoms with Gasteiger partial charge in [0.25, 0.3) is 5.91 Å². The lowest BCUT2D eigenvalue weighted by atomic mass is 10.1. The van der Waals surface area contributed by atoms with E-state index in [-0.39, 0.29) is 17.6 Å². The number of likely N-dealkylation sites (tertiary alicyclic amines) is 1. The number of hydrogen-bond acceptors (Lipinski definition) is 4. The van der Waals surface area contributed by atoms with Crippen LogP contribution in [0.2, 0.25) is 0 Å². The second-order valence-corrected chi connectivity index (χ2v) is 5.56. The molecule has 1 aromatic rings. The molecule has 108 valence electrons. The van der Waals surface area contributed by atoms with Gasteiger partial charge in [-0.2, -0.15) is 0 Å². The molecule has 1 aromatic heterocycles. The van der Waals surface area contributed by atoms with Gasteiger partial charge in [0.2, 0.25) is 5.76 Å². The first-order valence-electron chi connectivity index (χ1n) is 6.95. The smallest absolute Gasteiger partial charge is 0.273 e. The summed E-state index contributed by atoms with van der Waals surface area (Å²) in [5.74, 6) is 6.11. The minimum atomic E-state index is -0.194. The maximum Gasteiger partial charge on any atom is 0.273 e. The van der Waals surface area contributed by atoms with Crippen LogP contribution in [0.4, 0.5) is 0 Å². The van der Waals surface area contributed by atoms with Crippen LogP contribution in [-0.2, 0) is 0 Å². The number of hydrogen-bond donors (Lipinski definition) is 1. The lowest BCUT2D eigenvalue weighted by molar-refractivity contribution is 0.0921. The number of rotatable bonds is 3. The summed E-state index contributed by atoms with van der Waals surface area (Å²) in [4.78, 5) is 14.5. The van der Waals surface area contributed by atoms with E-state index in [1.165, 1.54) is 0 Å².